The molecule has 0 unspecified atom stereocenters. The van der Waals surface area contributed by atoms with Crippen molar-refractivity contribution in [2.24, 2.45) is 5.41 Å². The zero-order valence-electron chi connectivity index (χ0n) is 11.3. The fourth-order valence-electron chi connectivity index (χ4n) is 1.60. The van der Waals surface area contributed by atoms with Crippen LogP contribution < -0.4 is 10.5 Å². The van der Waals surface area contributed by atoms with Gasteiger partial charge in [-0.15, -0.1) is 11.3 Å². The summed E-state index contributed by atoms with van der Waals surface area (Å²) in [6.45, 7) is 9.25. The van der Waals surface area contributed by atoms with Gasteiger partial charge >= 0.3 is 0 Å². The molecule has 0 amide bonds. The summed E-state index contributed by atoms with van der Waals surface area (Å²) in [5, 5.41) is 0.959. The molecule has 2 heterocycles. The molecule has 0 atom stereocenters. The molecule has 0 saturated heterocycles. The zero-order chi connectivity index (χ0) is 13.3. The first kappa shape index (κ1) is 13.1. The molecule has 0 aliphatic rings. The Labute approximate surface area is 111 Å². The van der Waals surface area contributed by atoms with Crippen molar-refractivity contribution in [3.8, 4) is 5.88 Å². The number of aryl methyl sites for hydroxylation is 1. The van der Waals surface area contributed by atoms with E-state index in [1.54, 1.807) is 11.3 Å². The monoisotopic (exact) mass is 265 g/mol. The number of fused-ring (bicyclic) bond motifs is 1. The second-order valence-electron chi connectivity index (χ2n) is 5.62. The number of rotatable bonds is 3. The van der Waals surface area contributed by atoms with E-state index in [4.69, 9.17) is 10.5 Å². The Morgan fingerprint density at radius 2 is 2.06 bits per heavy atom. The van der Waals surface area contributed by atoms with Gasteiger partial charge in [-0.3, -0.25) is 0 Å². The van der Waals surface area contributed by atoms with Crippen LogP contribution in [0.5, 0.6) is 5.88 Å². The van der Waals surface area contributed by atoms with E-state index in [1.807, 2.05) is 13.0 Å². The zero-order valence-corrected chi connectivity index (χ0v) is 12.1. The molecule has 0 radical (unpaired) electrons. The van der Waals surface area contributed by atoms with E-state index in [-0.39, 0.29) is 11.4 Å². The molecule has 2 aromatic rings. The minimum absolute atomic E-state index is 0.252. The van der Waals surface area contributed by atoms with Crippen LogP contribution in [0.3, 0.4) is 0 Å². The summed E-state index contributed by atoms with van der Waals surface area (Å²) in [4.78, 5) is 10.5. The Bertz CT molecular complexity index is 557. The summed E-state index contributed by atoms with van der Waals surface area (Å²) in [5.74, 6) is 0.876. The Balaban J connectivity index is 2.21. The Kier molecular flexibility index (Phi) is 3.43. The molecule has 98 valence electrons. The maximum absolute atomic E-state index is 5.77. The van der Waals surface area contributed by atoms with Crippen LogP contribution in [0.4, 0.5) is 5.95 Å². The Hall–Kier alpha value is -1.36. The lowest BCUT2D eigenvalue weighted by Gasteiger charge is -2.17. The molecule has 2 N–H and O–H groups in total. The van der Waals surface area contributed by atoms with Gasteiger partial charge in [0.05, 0.1) is 12.0 Å². The van der Waals surface area contributed by atoms with Crippen molar-refractivity contribution in [2.75, 3.05) is 12.3 Å². The third-order valence-corrected chi connectivity index (χ3v) is 3.53. The molecule has 0 aliphatic carbocycles. The van der Waals surface area contributed by atoms with Crippen LogP contribution >= 0.6 is 11.3 Å². The van der Waals surface area contributed by atoms with Crippen LogP contribution in [0.25, 0.3) is 10.2 Å². The minimum Gasteiger partial charge on any atom is -0.477 e. The number of thiophene rings is 1. The van der Waals surface area contributed by atoms with Gasteiger partial charge in [0.2, 0.25) is 11.8 Å². The van der Waals surface area contributed by atoms with Crippen LogP contribution in [0.2, 0.25) is 0 Å². The van der Waals surface area contributed by atoms with Gasteiger partial charge in [-0.2, -0.15) is 4.98 Å². The van der Waals surface area contributed by atoms with Gasteiger partial charge < -0.3 is 10.5 Å². The SMILES string of the molecule is Cc1cc2c(OCCC(C)(C)C)nc(N)nc2s1. The predicted molar refractivity (Wildman–Crippen MR) is 76.1 cm³/mol. The first-order chi connectivity index (χ1) is 8.35. The van der Waals surface area contributed by atoms with Crippen LogP contribution in [0.1, 0.15) is 32.1 Å². The molecule has 5 heteroatoms. The lowest BCUT2D eigenvalue weighted by Crippen LogP contribution is -2.12. The molecule has 0 aliphatic heterocycles. The summed E-state index contributed by atoms with van der Waals surface area (Å²) in [5.41, 5.74) is 5.95. The number of anilines is 1. The number of nitrogens with two attached hydrogens (primary N) is 1. The van der Waals surface area contributed by atoms with Gasteiger partial charge in [-0.1, -0.05) is 20.8 Å². The van der Waals surface area contributed by atoms with Crippen molar-refractivity contribution in [1.82, 2.24) is 9.97 Å². The maximum Gasteiger partial charge on any atom is 0.227 e. The van der Waals surface area contributed by atoms with Gasteiger partial charge in [0.25, 0.3) is 0 Å². The van der Waals surface area contributed by atoms with E-state index in [0.717, 1.165) is 16.6 Å². The predicted octanol–water partition coefficient (Wildman–Crippen LogP) is 3.40. The first-order valence-corrected chi connectivity index (χ1v) is 6.83. The van der Waals surface area contributed by atoms with E-state index in [0.29, 0.717) is 12.5 Å². The van der Waals surface area contributed by atoms with Crippen LogP contribution in [0.15, 0.2) is 6.07 Å². The smallest absolute Gasteiger partial charge is 0.227 e. The molecule has 18 heavy (non-hydrogen) atoms. The lowest BCUT2D eigenvalue weighted by atomic mass is 9.93. The van der Waals surface area contributed by atoms with E-state index >= 15 is 0 Å². The summed E-state index contributed by atoms with van der Waals surface area (Å²) >= 11 is 1.61. The van der Waals surface area contributed by atoms with Crippen molar-refractivity contribution >= 4 is 27.5 Å². The summed E-state index contributed by atoms with van der Waals surface area (Å²) in [7, 11) is 0. The highest BCUT2D eigenvalue weighted by atomic mass is 32.1. The van der Waals surface area contributed by atoms with Crippen LogP contribution in [0, 0.1) is 12.3 Å². The van der Waals surface area contributed by atoms with Gasteiger partial charge in [0.1, 0.15) is 4.83 Å². The molecule has 0 fully saturated rings. The summed E-state index contributed by atoms with van der Waals surface area (Å²) in [6.07, 6.45) is 0.974. The van der Waals surface area contributed by atoms with E-state index < -0.39 is 0 Å². The van der Waals surface area contributed by atoms with Crippen molar-refractivity contribution in [1.29, 1.82) is 0 Å². The van der Waals surface area contributed by atoms with Gasteiger partial charge in [0, 0.05) is 4.88 Å². The number of hydrogen-bond acceptors (Lipinski definition) is 5. The molecule has 0 bridgehead atoms. The fraction of sp³-hybridized carbons (Fsp3) is 0.538. The minimum atomic E-state index is 0.252. The van der Waals surface area contributed by atoms with Crippen LogP contribution in [-0.2, 0) is 0 Å². The highest BCUT2D eigenvalue weighted by Crippen LogP contribution is 2.31. The topological polar surface area (TPSA) is 61.0 Å². The van der Waals surface area contributed by atoms with Crippen molar-refractivity contribution in [3.05, 3.63) is 10.9 Å². The normalized spacial score (nSPS) is 12.0. The van der Waals surface area contributed by atoms with Crippen molar-refractivity contribution in [2.45, 2.75) is 34.1 Å². The highest BCUT2D eigenvalue weighted by Gasteiger charge is 2.13. The number of ether oxygens (including phenoxy) is 1. The molecular formula is C13H19N3OS. The van der Waals surface area contributed by atoms with E-state index in [1.165, 1.54) is 4.88 Å². The van der Waals surface area contributed by atoms with Gasteiger partial charge in [0.15, 0.2) is 0 Å². The molecule has 2 aromatic heterocycles. The highest BCUT2D eigenvalue weighted by molar-refractivity contribution is 7.18. The fourth-order valence-corrected chi connectivity index (χ4v) is 2.47. The number of aromatic nitrogens is 2. The summed E-state index contributed by atoms with van der Waals surface area (Å²) in [6, 6.07) is 2.05. The molecule has 0 spiro atoms. The average Bonchev–Trinajstić information content (AvgIpc) is 2.56. The Morgan fingerprint density at radius 3 is 2.72 bits per heavy atom. The number of nitrogens with zero attached hydrogens (tertiary/aromatic N) is 2. The maximum atomic E-state index is 5.77. The second kappa shape index (κ2) is 4.72. The largest absolute Gasteiger partial charge is 0.477 e. The summed E-state index contributed by atoms with van der Waals surface area (Å²) < 4.78 is 5.77. The molecule has 0 aromatic carbocycles. The average molecular weight is 265 g/mol. The van der Waals surface area contributed by atoms with E-state index in [9.17, 15) is 0 Å². The lowest BCUT2D eigenvalue weighted by molar-refractivity contribution is 0.239. The molecule has 4 nitrogen and oxygen atoms in total. The third-order valence-electron chi connectivity index (χ3n) is 2.59. The molecule has 2 rings (SSSR count). The third kappa shape index (κ3) is 3.10. The number of nitrogen functional groups attached to an aromatic ring is 1. The quantitative estimate of drug-likeness (QED) is 0.924. The van der Waals surface area contributed by atoms with E-state index in [2.05, 4.69) is 30.7 Å². The van der Waals surface area contributed by atoms with Crippen molar-refractivity contribution in [3.63, 3.8) is 0 Å². The second-order valence-corrected chi connectivity index (χ2v) is 6.86. The van der Waals surface area contributed by atoms with Crippen LogP contribution in [-0.4, -0.2) is 16.6 Å². The standard InChI is InChI=1S/C13H19N3OS/c1-8-7-9-10(17-6-5-13(2,3)4)15-12(14)16-11(9)18-8/h7H,5-6H2,1-4H3,(H2,14,15,16). The first-order valence-electron chi connectivity index (χ1n) is 6.02. The number of hydrogen-bond donors (Lipinski definition) is 1. The molecule has 0 saturated carbocycles. The van der Waals surface area contributed by atoms with Gasteiger partial charge in [-0.25, -0.2) is 4.98 Å². The van der Waals surface area contributed by atoms with Crippen molar-refractivity contribution < 1.29 is 4.74 Å². The van der Waals surface area contributed by atoms with Gasteiger partial charge in [-0.05, 0) is 24.8 Å². The molecular weight excluding hydrogens is 246 g/mol. The Morgan fingerprint density at radius 1 is 1.33 bits per heavy atom.